The summed E-state index contributed by atoms with van der Waals surface area (Å²) in [7, 11) is -3.59. The quantitative estimate of drug-likeness (QED) is 0.658. The van der Waals surface area contributed by atoms with Crippen LogP contribution in [0, 0.1) is 17.0 Å². The molecule has 2 aromatic rings. The highest BCUT2D eigenvalue weighted by atomic mass is 35.5. The van der Waals surface area contributed by atoms with E-state index in [2.05, 4.69) is 5.32 Å². The number of nitrogens with one attached hydrogen (secondary N) is 1. The molecule has 0 bridgehead atoms. The minimum Gasteiger partial charge on any atom is -0.322 e. The first-order valence-corrected chi connectivity index (χ1v) is 8.92. The van der Waals surface area contributed by atoms with Crippen LogP contribution in [0.1, 0.15) is 15.9 Å². The van der Waals surface area contributed by atoms with Crippen molar-refractivity contribution in [2.24, 2.45) is 0 Å². The zero-order valence-electron chi connectivity index (χ0n) is 12.7. The fourth-order valence-corrected chi connectivity index (χ4v) is 3.32. The maximum atomic E-state index is 12.3. The number of carbonyl (C=O) groups excluding carboxylic acids is 1. The molecular weight excluding hydrogens is 356 g/mol. The average Bonchev–Trinajstić information content (AvgIpc) is 2.48. The molecule has 0 aliphatic heterocycles. The number of sulfone groups is 1. The lowest BCUT2D eigenvalue weighted by molar-refractivity contribution is -0.385. The molecule has 0 aliphatic rings. The maximum Gasteiger partial charge on any atom is 0.274 e. The summed E-state index contributed by atoms with van der Waals surface area (Å²) in [6, 6.07) is 8.11. The zero-order chi connectivity index (χ0) is 18.1. The molecule has 0 saturated heterocycles. The van der Waals surface area contributed by atoms with Crippen molar-refractivity contribution in [1.29, 1.82) is 0 Å². The second-order valence-corrected chi connectivity index (χ2v) is 7.52. The Kier molecular flexibility index (Phi) is 4.91. The summed E-state index contributed by atoms with van der Waals surface area (Å²) in [6.45, 7) is 1.58. The van der Waals surface area contributed by atoms with Gasteiger partial charge in [-0.2, -0.15) is 0 Å². The van der Waals surface area contributed by atoms with Gasteiger partial charge < -0.3 is 5.32 Å². The fraction of sp³-hybridized carbons (Fsp3) is 0.133. The molecule has 0 aromatic heterocycles. The van der Waals surface area contributed by atoms with Crippen LogP contribution in [0.3, 0.4) is 0 Å². The third-order valence-electron chi connectivity index (χ3n) is 3.26. The summed E-state index contributed by atoms with van der Waals surface area (Å²) < 4.78 is 23.3. The van der Waals surface area contributed by atoms with Gasteiger partial charge in [0.15, 0.2) is 9.84 Å². The van der Waals surface area contributed by atoms with Gasteiger partial charge in [0.05, 0.1) is 14.8 Å². The Labute approximate surface area is 143 Å². The van der Waals surface area contributed by atoms with Crippen molar-refractivity contribution in [3.8, 4) is 0 Å². The largest absolute Gasteiger partial charge is 0.322 e. The van der Waals surface area contributed by atoms with E-state index in [1.165, 1.54) is 30.3 Å². The van der Waals surface area contributed by atoms with E-state index in [0.717, 1.165) is 12.3 Å². The molecule has 0 heterocycles. The Morgan fingerprint density at radius 3 is 2.46 bits per heavy atom. The van der Waals surface area contributed by atoms with Crippen LogP contribution in [0.25, 0.3) is 0 Å². The highest BCUT2D eigenvalue weighted by Crippen LogP contribution is 2.25. The van der Waals surface area contributed by atoms with Crippen LogP contribution in [0.2, 0.25) is 5.02 Å². The van der Waals surface area contributed by atoms with E-state index in [1.54, 1.807) is 6.92 Å². The molecule has 24 heavy (non-hydrogen) atoms. The molecule has 0 fully saturated rings. The normalized spacial score (nSPS) is 11.1. The molecule has 0 radical (unpaired) electrons. The number of nitrogens with zero attached hydrogens (tertiary/aromatic N) is 1. The molecule has 0 spiro atoms. The van der Waals surface area contributed by atoms with E-state index >= 15 is 0 Å². The summed E-state index contributed by atoms with van der Waals surface area (Å²) in [5.41, 5.74) is 0.640. The number of rotatable bonds is 4. The third-order valence-corrected chi connectivity index (χ3v) is 4.83. The second kappa shape index (κ2) is 6.58. The molecule has 7 nitrogen and oxygen atoms in total. The van der Waals surface area contributed by atoms with Crippen molar-refractivity contribution in [2.45, 2.75) is 11.8 Å². The topological polar surface area (TPSA) is 106 Å². The smallest absolute Gasteiger partial charge is 0.274 e. The van der Waals surface area contributed by atoms with E-state index < -0.39 is 20.7 Å². The lowest BCUT2D eigenvalue weighted by atomic mass is 10.1. The lowest BCUT2D eigenvalue weighted by Gasteiger charge is -2.08. The highest BCUT2D eigenvalue weighted by molar-refractivity contribution is 7.90. The van der Waals surface area contributed by atoms with Crippen LogP contribution in [-0.4, -0.2) is 25.5 Å². The number of hydrogen-bond acceptors (Lipinski definition) is 5. The fourth-order valence-electron chi connectivity index (χ4n) is 2.02. The van der Waals surface area contributed by atoms with Crippen molar-refractivity contribution in [3.63, 3.8) is 0 Å². The minimum atomic E-state index is -3.59. The molecule has 9 heteroatoms. The number of hydrogen-bond donors (Lipinski definition) is 1. The molecule has 0 saturated carbocycles. The second-order valence-electron chi connectivity index (χ2n) is 5.13. The van der Waals surface area contributed by atoms with Gasteiger partial charge in [0.2, 0.25) is 0 Å². The predicted octanol–water partition coefficient (Wildman–Crippen LogP) is 3.21. The number of nitro groups is 1. The van der Waals surface area contributed by atoms with Crippen LogP contribution < -0.4 is 5.32 Å². The Morgan fingerprint density at radius 1 is 1.21 bits per heavy atom. The summed E-state index contributed by atoms with van der Waals surface area (Å²) in [5, 5.41) is 13.4. The Morgan fingerprint density at radius 2 is 1.88 bits per heavy atom. The van der Waals surface area contributed by atoms with E-state index in [9.17, 15) is 23.3 Å². The maximum absolute atomic E-state index is 12.3. The Balaban J connectivity index is 2.34. The summed E-state index contributed by atoms with van der Waals surface area (Å²) in [4.78, 5) is 22.5. The number of amides is 1. The third kappa shape index (κ3) is 3.90. The van der Waals surface area contributed by atoms with Gasteiger partial charge in [0.1, 0.15) is 0 Å². The number of benzene rings is 2. The van der Waals surface area contributed by atoms with Gasteiger partial charge in [0.25, 0.3) is 11.6 Å². The van der Waals surface area contributed by atoms with Crippen LogP contribution in [0.5, 0.6) is 0 Å². The van der Waals surface area contributed by atoms with Crippen molar-refractivity contribution >= 4 is 38.7 Å². The molecular formula is C15H13ClN2O5S. The van der Waals surface area contributed by atoms with Gasteiger partial charge >= 0.3 is 0 Å². The minimum absolute atomic E-state index is 0.0139. The first kappa shape index (κ1) is 17.9. The molecule has 2 rings (SSSR count). The zero-order valence-corrected chi connectivity index (χ0v) is 14.3. The highest BCUT2D eigenvalue weighted by Gasteiger charge is 2.17. The lowest BCUT2D eigenvalue weighted by Crippen LogP contribution is -2.13. The summed E-state index contributed by atoms with van der Waals surface area (Å²) in [6.07, 6.45) is 0.985. The Hall–Kier alpha value is -2.45. The average molecular weight is 369 g/mol. The van der Waals surface area contributed by atoms with Gasteiger partial charge in [0, 0.05) is 29.1 Å². The van der Waals surface area contributed by atoms with E-state index in [0.29, 0.717) is 5.56 Å². The van der Waals surface area contributed by atoms with Gasteiger partial charge in [-0.15, -0.1) is 0 Å². The van der Waals surface area contributed by atoms with E-state index in [-0.39, 0.29) is 26.9 Å². The van der Waals surface area contributed by atoms with E-state index in [1.807, 2.05) is 0 Å². The van der Waals surface area contributed by atoms with Crippen molar-refractivity contribution in [2.75, 3.05) is 11.6 Å². The first-order valence-electron chi connectivity index (χ1n) is 6.65. The van der Waals surface area contributed by atoms with Crippen LogP contribution in [0.15, 0.2) is 41.3 Å². The van der Waals surface area contributed by atoms with Crippen LogP contribution in [0.4, 0.5) is 11.4 Å². The summed E-state index contributed by atoms with van der Waals surface area (Å²) in [5.74, 6) is -0.602. The first-order chi connectivity index (χ1) is 11.1. The van der Waals surface area contributed by atoms with Gasteiger partial charge in [-0.05, 0) is 31.2 Å². The van der Waals surface area contributed by atoms with Crippen LogP contribution in [-0.2, 0) is 9.84 Å². The van der Waals surface area contributed by atoms with Gasteiger partial charge in [-0.25, -0.2) is 8.42 Å². The number of carbonyl (C=O) groups is 1. The van der Waals surface area contributed by atoms with Gasteiger partial charge in [-0.3, -0.25) is 14.9 Å². The van der Waals surface area contributed by atoms with Crippen LogP contribution >= 0.6 is 11.6 Å². The van der Waals surface area contributed by atoms with Crippen molar-refractivity contribution < 1.29 is 18.1 Å². The number of anilines is 1. The summed E-state index contributed by atoms with van der Waals surface area (Å²) >= 11 is 5.83. The Bertz CT molecular complexity index is 941. The molecule has 0 aliphatic carbocycles. The molecule has 2 aromatic carbocycles. The molecule has 1 amide bonds. The number of aryl methyl sites for hydroxylation is 1. The molecule has 126 valence electrons. The monoisotopic (exact) mass is 368 g/mol. The number of halogens is 1. The number of nitro benzene ring substituents is 1. The SMILES string of the molecule is Cc1ccc(NC(=O)c2ccc(Cl)c(S(C)(=O)=O)c2)cc1[N+](=O)[O-]. The standard InChI is InChI=1S/C15H13ClN2O5S/c1-9-3-5-11(8-13(9)18(20)21)17-15(19)10-4-6-12(16)14(7-10)24(2,22)23/h3-8H,1-2H3,(H,17,19). The molecule has 0 atom stereocenters. The molecule has 1 N–H and O–H groups in total. The van der Waals surface area contributed by atoms with E-state index in [4.69, 9.17) is 11.6 Å². The van der Waals surface area contributed by atoms with Crippen molar-refractivity contribution in [3.05, 3.63) is 62.7 Å². The van der Waals surface area contributed by atoms with Crippen molar-refractivity contribution in [1.82, 2.24) is 0 Å². The molecule has 0 unspecified atom stereocenters. The van der Waals surface area contributed by atoms with Gasteiger partial charge in [-0.1, -0.05) is 17.7 Å². The predicted molar refractivity (Wildman–Crippen MR) is 90.3 cm³/mol.